The van der Waals surface area contributed by atoms with Crippen LogP contribution in [0, 0.1) is 6.92 Å². The van der Waals surface area contributed by atoms with Gasteiger partial charge in [0.25, 0.3) is 11.1 Å². The van der Waals surface area contributed by atoms with Crippen LogP contribution in [-0.2, 0) is 21.5 Å². The number of methoxy groups -OCH3 is 1. The lowest BCUT2D eigenvalue weighted by Crippen LogP contribution is -2.27. The summed E-state index contributed by atoms with van der Waals surface area (Å²) in [6.07, 6.45) is 1.43. The van der Waals surface area contributed by atoms with Crippen LogP contribution < -0.4 is 8.92 Å². The number of thioether (sulfide) groups is 1. The Balaban J connectivity index is 1.67. The first-order chi connectivity index (χ1) is 16.7. The van der Waals surface area contributed by atoms with Gasteiger partial charge in [-0.1, -0.05) is 48.0 Å². The average molecular weight is 530 g/mol. The van der Waals surface area contributed by atoms with Crippen molar-refractivity contribution >= 4 is 50.7 Å². The monoisotopic (exact) mass is 529 g/mol. The first kappa shape index (κ1) is 24.8. The minimum absolute atomic E-state index is 0.0997. The molecule has 1 aliphatic rings. The van der Waals surface area contributed by atoms with E-state index < -0.39 is 21.3 Å². The molecule has 1 fully saturated rings. The molecule has 2 amide bonds. The van der Waals surface area contributed by atoms with Crippen molar-refractivity contribution in [3.8, 4) is 11.5 Å². The van der Waals surface area contributed by atoms with Crippen molar-refractivity contribution in [2.75, 3.05) is 7.11 Å². The fourth-order valence-electron chi connectivity index (χ4n) is 3.39. The quantitative estimate of drug-likeness (QED) is 0.288. The highest BCUT2D eigenvalue weighted by Crippen LogP contribution is 2.39. The van der Waals surface area contributed by atoms with Crippen LogP contribution in [0.2, 0.25) is 5.02 Å². The molecule has 10 heteroatoms. The topological polar surface area (TPSA) is 90.0 Å². The molecule has 0 unspecified atom stereocenters. The fourth-order valence-corrected chi connectivity index (χ4v) is 5.31. The van der Waals surface area contributed by atoms with E-state index >= 15 is 0 Å². The van der Waals surface area contributed by atoms with E-state index in [9.17, 15) is 18.0 Å². The van der Waals surface area contributed by atoms with Gasteiger partial charge < -0.3 is 8.92 Å². The minimum atomic E-state index is -4.24. The third-order valence-corrected chi connectivity index (χ3v) is 7.67. The van der Waals surface area contributed by atoms with Crippen LogP contribution in [-0.4, -0.2) is 31.6 Å². The lowest BCUT2D eigenvalue weighted by molar-refractivity contribution is -0.123. The van der Waals surface area contributed by atoms with Gasteiger partial charge in [0.2, 0.25) is 0 Å². The van der Waals surface area contributed by atoms with Crippen molar-refractivity contribution in [3.05, 3.63) is 93.3 Å². The number of imide groups is 1. The highest BCUT2D eigenvalue weighted by molar-refractivity contribution is 8.18. The van der Waals surface area contributed by atoms with Gasteiger partial charge in [0.15, 0.2) is 11.5 Å². The number of halogens is 1. The van der Waals surface area contributed by atoms with Gasteiger partial charge in [0.1, 0.15) is 4.90 Å². The molecule has 7 nitrogen and oxygen atoms in total. The van der Waals surface area contributed by atoms with Gasteiger partial charge in [0, 0.05) is 10.6 Å². The van der Waals surface area contributed by atoms with Crippen LogP contribution in [0.4, 0.5) is 4.79 Å². The van der Waals surface area contributed by atoms with Crippen molar-refractivity contribution < 1.29 is 26.9 Å². The summed E-state index contributed by atoms with van der Waals surface area (Å²) < 4.78 is 36.5. The zero-order valence-corrected chi connectivity index (χ0v) is 21.1. The third kappa shape index (κ3) is 5.37. The number of rotatable bonds is 7. The Morgan fingerprint density at radius 2 is 1.71 bits per heavy atom. The maximum Gasteiger partial charge on any atom is 0.339 e. The molecule has 1 heterocycles. The smallest absolute Gasteiger partial charge is 0.339 e. The van der Waals surface area contributed by atoms with Crippen LogP contribution in [0.1, 0.15) is 16.7 Å². The van der Waals surface area contributed by atoms with Gasteiger partial charge >= 0.3 is 10.1 Å². The largest absolute Gasteiger partial charge is 0.493 e. The molecule has 0 N–H and O–H groups in total. The van der Waals surface area contributed by atoms with Crippen LogP contribution >= 0.6 is 23.4 Å². The highest BCUT2D eigenvalue weighted by atomic mass is 35.5. The first-order valence-electron chi connectivity index (χ1n) is 10.4. The summed E-state index contributed by atoms with van der Waals surface area (Å²) in [6, 6.07) is 17.8. The van der Waals surface area contributed by atoms with Crippen molar-refractivity contribution in [3.63, 3.8) is 0 Å². The number of hydrogen-bond acceptors (Lipinski definition) is 7. The Hall–Kier alpha value is -3.27. The van der Waals surface area contributed by atoms with E-state index in [1.807, 2.05) is 31.2 Å². The van der Waals surface area contributed by atoms with Gasteiger partial charge in [0.05, 0.1) is 18.6 Å². The lowest BCUT2D eigenvalue weighted by Gasteiger charge is -2.14. The van der Waals surface area contributed by atoms with Crippen molar-refractivity contribution in [2.45, 2.75) is 18.4 Å². The third-order valence-electron chi connectivity index (χ3n) is 5.27. The van der Waals surface area contributed by atoms with Crippen molar-refractivity contribution in [2.24, 2.45) is 0 Å². The van der Waals surface area contributed by atoms with E-state index in [0.717, 1.165) is 27.8 Å². The van der Waals surface area contributed by atoms with Crippen molar-refractivity contribution in [1.82, 2.24) is 4.90 Å². The van der Waals surface area contributed by atoms with E-state index in [-0.39, 0.29) is 33.4 Å². The molecule has 0 atom stereocenters. The number of carbonyl (C=O) groups excluding carboxylic acids is 2. The summed E-state index contributed by atoms with van der Waals surface area (Å²) in [5.74, 6) is -0.427. The van der Waals surface area contributed by atoms with E-state index in [1.54, 1.807) is 12.1 Å². The van der Waals surface area contributed by atoms with Gasteiger partial charge in [-0.15, -0.1) is 0 Å². The second kappa shape index (κ2) is 10.2. The van der Waals surface area contributed by atoms with Gasteiger partial charge in [-0.25, -0.2) is 0 Å². The first-order valence-corrected chi connectivity index (χ1v) is 13.0. The maximum absolute atomic E-state index is 13.1. The minimum Gasteiger partial charge on any atom is -0.493 e. The molecule has 4 rings (SSSR count). The number of carbonyl (C=O) groups is 2. The summed E-state index contributed by atoms with van der Waals surface area (Å²) in [5.41, 5.74) is 2.09. The molecular formula is C25H20ClNO6S2. The van der Waals surface area contributed by atoms with Gasteiger partial charge in [-0.2, -0.15) is 8.42 Å². The van der Waals surface area contributed by atoms with Crippen molar-refractivity contribution in [1.29, 1.82) is 0 Å². The molecule has 180 valence electrons. The van der Waals surface area contributed by atoms with Crippen LogP contribution in [0.15, 0.2) is 76.5 Å². The molecule has 35 heavy (non-hydrogen) atoms. The summed E-state index contributed by atoms with van der Waals surface area (Å²) in [6.45, 7) is 2.05. The molecule has 3 aromatic carbocycles. The number of nitrogens with zero attached hydrogens (tertiary/aromatic N) is 1. The molecular weight excluding hydrogens is 510 g/mol. The molecule has 0 aliphatic carbocycles. The van der Waals surface area contributed by atoms with Gasteiger partial charge in [-0.05, 0) is 66.2 Å². The van der Waals surface area contributed by atoms with Gasteiger partial charge in [-0.3, -0.25) is 14.5 Å². The Kier molecular flexibility index (Phi) is 7.20. The summed E-state index contributed by atoms with van der Waals surface area (Å²) in [4.78, 5) is 26.9. The number of aryl methyl sites for hydroxylation is 1. The standard InChI is InChI=1S/C25H20ClNO6S2/c1-16-6-3-4-7-18(16)15-27-24(28)22(34-25(27)29)14-17-8-5-9-21(32-2)23(17)33-35(30,31)20-12-10-19(26)11-13-20/h3-14H,15H2,1-2H3/b22-14-. The molecule has 0 bridgehead atoms. The Morgan fingerprint density at radius 3 is 2.40 bits per heavy atom. The van der Waals surface area contributed by atoms with Crippen LogP contribution in [0.3, 0.4) is 0 Å². The van der Waals surface area contributed by atoms with E-state index in [0.29, 0.717) is 5.02 Å². The second-order valence-corrected chi connectivity index (χ2v) is 10.5. The number of ether oxygens (including phenoxy) is 1. The Morgan fingerprint density at radius 1 is 1.00 bits per heavy atom. The Labute approximate surface area is 212 Å². The molecule has 1 aliphatic heterocycles. The molecule has 3 aromatic rings. The highest BCUT2D eigenvalue weighted by Gasteiger charge is 2.35. The van der Waals surface area contributed by atoms with E-state index in [4.69, 9.17) is 20.5 Å². The molecule has 0 saturated carbocycles. The molecule has 0 radical (unpaired) electrons. The predicted octanol–water partition coefficient (Wildman–Crippen LogP) is 5.66. The van der Waals surface area contributed by atoms with E-state index in [1.165, 1.54) is 43.5 Å². The van der Waals surface area contributed by atoms with Crippen LogP contribution in [0.25, 0.3) is 6.08 Å². The summed E-state index contributed by atoms with van der Waals surface area (Å²) >= 11 is 6.64. The number of para-hydroxylation sites is 1. The predicted molar refractivity (Wildman–Crippen MR) is 135 cm³/mol. The lowest BCUT2D eigenvalue weighted by atomic mass is 10.1. The molecule has 0 spiro atoms. The molecule has 1 saturated heterocycles. The zero-order valence-electron chi connectivity index (χ0n) is 18.7. The van der Waals surface area contributed by atoms with Crippen LogP contribution in [0.5, 0.6) is 11.5 Å². The fraction of sp³-hybridized carbons (Fsp3) is 0.120. The SMILES string of the molecule is COc1cccc(/C=C2\SC(=O)N(Cc3ccccc3C)C2=O)c1OS(=O)(=O)c1ccc(Cl)cc1. The summed E-state index contributed by atoms with van der Waals surface area (Å²) in [7, 11) is -2.86. The normalized spacial score (nSPS) is 15.1. The number of benzene rings is 3. The second-order valence-electron chi connectivity index (χ2n) is 7.56. The zero-order chi connectivity index (χ0) is 25.2. The number of hydrogen-bond donors (Lipinski definition) is 0. The Bertz CT molecular complexity index is 1430. The molecule has 0 aromatic heterocycles. The summed E-state index contributed by atoms with van der Waals surface area (Å²) in [5, 5.41) is -0.0352. The average Bonchev–Trinajstić information content (AvgIpc) is 3.09. The van der Waals surface area contributed by atoms with E-state index in [2.05, 4.69) is 0 Å². The maximum atomic E-state index is 13.1. The number of amides is 2.